The Labute approximate surface area is 203 Å². The van der Waals surface area contributed by atoms with Crippen LogP contribution >= 0.6 is 22.7 Å². The number of rotatable bonds is 10. The van der Waals surface area contributed by atoms with Crippen LogP contribution in [0.1, 0.15) is 35.9 Å². The molecule has 33 heavy (non-hydrogen) atoms. The van der Waals surface area contributed by atoms with Crippen molar-refractivity contribution in [3.8, 4) is 5.75 Å². The van der Waals surface area contributed by atoms with Crippen molar-refractivity contribution in [2.24, 2.45) is 5.92 Å². The van der Waals surface area contributed by atoms with E-state index in [1.807, 2.05) is 53.2 Å². The maximum Gasteiger partial charge on any atom is 0.349 e. The molecule has 0 aliphatic carbocycles. The lowest BCUT2D eigenvalue weighted by Crippen LogP contribution is -2.49. The van der Waals surface area contributed by atoms with Crippen molar-refractivity contribution in [1.82, 2.24) is 4.90 Å². The lowest BCUT2D eigenvalue weighted by molar-refractivity contribution is -0.173. The van der Waals surface area contributed by atoms with Crippen molar-refractivity contribution >= 4 is 28.6 Å². The maximum absolute atomic E-state index is 13.4. The maximum atomic E-state index is 13.4. The molecule has 0 saturated carbocycles. The summed E-state index contributed by atoms with van der Waals surface area (Å²) in [5.74, 6) is 0.599. The summed E-state index contributed by atoms with van der Waals surface area (Å²) in [4.78, 5) is 16.9. The fourth-order valence-corrected chi connectivity index (χ4v) is 6.06. The molecule has 1 unspecified atom stereocenters. The summed E-state index contributed by atoms with van der Waals surface area (Å²) in [5, 5.41) is 15.3. The molecule has 1 aromatic carbocycles. The monoisotopic (exact) mass is 485 g/mol. The van der Waals surface area contributed by atoms with Gasteiger partial charge in [0, 0.05) is 13.1 Å². The van der Waals surface area contributed by atoms with Crippen LogP contribution in [0.25, 0.3) is 0 Å². The average Bonchev–Trinajstić information content (AvgIpc) is 3.57. The van der Waals surface area contributed by atoms with E-state index in [1.54, 1.807) is 12.1 Å². The van der Waals surface area contributed by atoms with E-state index in [0.29, 0.717) is 28.8 Å². The smallest absolute Gasteiger partial charge is 0.349 e. The van der Waals surface area contributed by atoms with Crippen LogP contribution in [0.3, 0.4) is 0 Å². The number of esters is 1. The zero-order valence-electron chi connectivity index (χ0n) is 18.9. The third kappa shape index (κ3) is 5.66. The summed E-state index contributed by atoms with van der Waals surface area (Å²) < 4.78 is 11.9. The molecule has 176 valence electrons. The van der Waals surface area contributed by atoms with E-state index in [-0.39, 0.29) is 6.10 Å². The Morgan fingerprint density at radius 3 is 2.39 bits per heavy atom. The number of thiophene rings is 2. The molecule has 1 aliphatic rings. The molecule has 2 aromatic heterocycles. The van der Waals surface area contributed by atoms with Crippen LogP contribution in [0.4, 0.5) is 0 Å². The molecular formula is C26H31NO4S2. The quantitative estimate of drug-likeness (QED) is 0.318. The van der Waals surface area contributed by atoms with Crippen LogP contribution in [0.5, 0.6) is 5.75 Å². The van der Waals surface area contributed by atoms with Gasteiger partial charge in [-0.05, 0) is 66.8 Å². The SMILES string of the molecule is CCC1CCN(CCCOc2ccccc2)C[C@H]1OC(=O)C(O)(c1cccs1)c1cccs1. The lowest BCUT2D eigenvalue weighted by atomic mass is 9.90. The molecule has 2 atom stereocenters. The zero-order chi connectivity index (χ0) is 23.1. The van der Waals surface area contributed by atoms with Gasteiger partial charge in [-0.1, -0.05) is 37.3 Å². The van der Waals surface area contributed by atoms with Crippen LogP contribution < -0.4 is 4.74 Å². The average molecular weight is 486 g/mol. The number of aliphatic hydroxyl groups is 1. The molecule has 1 fully saturated rings. The van der Waals surface area contributed by atoms with E-state index in [1.165, 1.54) is 22.7 Å². The first-order valence-electron chi connectivity index (χ1n) is 11.5. The minimum absolute atomic E-state index is 0.238. The Morgan fingerprint density at radius 1 is 1.09 bits per heavy atom. The van der Waals surface area contributed by atoms with Gasteiger partial charge in [0.1, 0.15) is 11.9 Å². The molecule has 3 heterocycles. The Hall–Kier alpha value is -2.19. The third-order valence-electron chi connectivity index (χ3n) is 6.24. The van der Waals surface area contributed by atoms with Gasteiger partial charge in [-0.25, -0.2) is 4.79 Å². The molecule has 0 amide bonds. The molecule has 0 bridgehead atoms. The van der Waals surface area contributed by atoms with Gasteiger partial charge in [-0.15, -0.1) is 22.7 Å². The number of likely N-dealkylation sites (tertiary alicyclic amines) is 1. The number of benzene rings is 1. The third-order valence-corrected chi connectivity index (χ3v) is 8.20. The molecule has 5 nitrogen and oxygen atoms in total. The van der Waals surface area contributed by atoms with Gasteiger partial charge < -0.3 is 14.6 Å². The van der Waals surface area contributed by atoms with E-state index >= 15 is 0 Å². The molecule has 3 aromatic rings. The first-order valence-corrected chi connectivity index (χ1v) is 13.3. The highest BCUT2D eigenvalue weighted by Gasteiger charge is 2.46. The minimum Gasteiger partial charge on any atom is -0.494 e. The van der Waals surface area contributed by atoms with Crippen molar-refractivity contribution in [3.63, 3.8) is 0 Å². The number of piperidine rings is 1. The van der Waals surface area contributed by atoms with E-state index in [4.69, 9.17) is 9.47 Å². The molecule has 1 N–H and O–H groups in total. The van der Waals surface area contributed by atoms with Crippen LogP contribution in [0, 0.1) is 5.92 Å². The molecule has 1 saturated heterocycles. The second kappa shape index (κ2) is 11.3. The van der Waals surface area contributed by atoms with Crippen LogP contribution in [-0.2, 0) is 15.1 Å². The predicted molar refractivity (Wildman–Crippen MR) is 133 cm³/mol. The van der Waals surface area contributed by atoms with E-state index in [9.17, 15) is 9.90 Å². The molecule has 0 spiro atoms. The number of carbonyl (C=O) groups is 1. The van der Waals surface area contributed by atoms with Crippen LogP contribution in [0.2, 0.25) is 0 Å². The summed E-state index contributed by atoms with van der Waals surface area (Å²) in [7, 11) is 0. The summed E-state index contributed by atoms with van der Waals surface area (Å²) in [6.45, 7) is 5.34. The summed E-state index contributed by atoms with van der Waals surface area (Å²) in [5.41, 5.74) is -1.76. The van der Waals surface area contributed by atoms with Gasteiger partial charge in [0.2, 0.25) is 5.60 Å². The fourth-order valence-electron chi connectivity index (χ4n) is 4.34. The highest BCUT2D eigenvalue weighted by Crippen LogP contribution is 2.38. The number of carbonyl (C=O) groups excluding carboxylic acids is 1. The predicted octanol–water partition coefficient (Wildman–Crippen LogP) is 5.16. The normalized spacial score (nSPS) is 19.3. The Bertz CT molecular complexity index is 941. The van der Waals surface area contributed by atoms with Gasteiger partial charge in [-0.2, -0.15) is 0 Å². The lowest BCUT2D eigenvalue weighted by Gasteiger charge is -2.39. The first kappa shape index (κ1) is 24.0. The summed E-state index contributed by atoms with van der Waals surface area (Å²) in [6.07, 6.45) is 2.59. The standard InChI is InChI=1S/C26H31NO4S2/c1-2-20-13-15-27(14-8-16-30-21-9-4-3-5-10-21)19-22(20)31-25(28)26(29,23-11-6-17-32-23)24-12-7-18-33-24/h3-7,9-12,17-18,20,22,29H,2,8,13-16,19H2,1H3/t20?,22-/m1/s1. The number of hydrogen-bond acceptors (Lipinski definition) is 7. The first-order chi connectivity index (χ1) is 16.1. The number of hydrogen-bond donors (Lipinski definition) is 1. The highest BCUT2D eigenvalue weighted by atomic mass is 32.1. The van der Waals surface area contributed by atoms with Gasteiger partial charge in [0.15, 0.2) is 0 Å². The molecule has 4 rings (SSSR count). The minimum atomic E-state index is -1.76. The fraction of sp³-hybridized carbons (Fsp3) is 0.423. The number of para-hydroxylation sites is 1. The highest BCUT2D eigenvalue weighted by molar-refractivity contribution is 7.12. The van der Waals surface area contributed by atoms with E-state index in [2.05, 4.69) is 11.8 Å². The molecule has 7 heteroatoms. The Morgan fingerprint density at radius 2 is 1.79 bits per heavy atom. The number of ether oxygens (including phenoxy) is 2. The largest absolute Gasteiger partial charge is 0.494 e. The second-order valence-electron chi connectivity index (χ2n) is 8.38. The van der Waals surface area contributed by atoms with Gasteiger partial charge in [-0.3, -0.25) is 4.90 Å². The zero-order valence-corrected chi connectivity index (χ0v) is 20.5. The van der Waals surface area contributed by atoms with Crippen molar-refractivity contribution < 1.29 is 19.4 Å². The summed E-state index contributed by atoms with van der Waals surface area (Å²) in [6, 6.07) is 17.1. The number of nitrogens with zero attached hydrogens (tertiary/aromatic N) is 1. The molecule has 1 aliphatic heterocycles. The van der Waals surface area contributed by atoms with Crippen molar-refractivity contribution in [2.75, 3.05) is 26.2 Å². The van der Waals surface area contributed by atoms with Crippen LogP contribution in [-0.4, -0.2) is 48.3 Å². The summed E-state index contributed by atoms with van der Waals surface area (Å²) >= 11 is 2.74. The van der Waals surface area contributed by atoms with Crippen molar-refractivity contribution in [3.05, 3.63) is 75.1 Å². The van der Waals surface area contributed by atoms with E-state index < -0.39 is 11.6 Å². The van der Waals surface area contributed by atoms with Crippen LogP contribution in [0.15, 0.2) is 65.4 Å². The topological polar surface area (TPSA) is 59.0 Å². The van der Waals surface area contributed by atoms with Gasteiger partial charge in [0.05, 0.1) is 16.4 Å². The molecule has 0 radical (unpaired) electrons. The Kier molecular flexibility index (Phi) is 8.20. The molecular weight excluding hydrogens is 454 g/mol. The van der Waals surface area contributed by atoms with Gasteiger partial charge in [0.25, 0.3) is 0 Å². The van der Waals surface area contributed by atoms with Crippen molar-refractivity contribution in [2.45, 2.75) is 37.9 Å². The Balaban J connectivity index is 1.38. The second-order valence-corrected chi connectivity index (χ2v) is 10.3. The van der Waals surface area contributed by atoms with E-state index in [0.717, 1.165) is 38.1 Å². The van der Waals surface area contributed by atoms with Crippen molar-refractivity contribution in [1.29, 1.82) is 0 Å². The van der Waals surface area contributed by atoms with Gasteiger partial charge >= 0.3 is 5.97 Å².